The van der Waals surface area contributed by atoms with Crippen LogP contribution >= 0.6 is 0 Å². The summed E-state index contributed by atoms with van der Waals surface area (Å²) in [6.07, 6.45) is 1.23. The SMILES string of the molecule is CCC(CC)C(=O)CS(=O)(=O)O. The van der Waals surface area contributed by atoms with Crippen molar-refractivity contribution in [1.29, 1.82) is 0 Å². The second-order valence-electron chi connectivity index (χ2n) is 2.71. The Morgan fingerprint density at radius 2 is 1.75 bits per heavy atom. The largest absolute Gasteiger partial charge is 0.298 e. The zero-order chi connectivity index (χ0) is 9.78. The molecule has 0 aliphatic heterocycles. The van der Waals surface area contributed by atoms with Crippen LogP contribution in [0.4, 0.5) is 0 Å². The molecule has 0 aliphatic rings. The highest BCUT2D eigenvalue weighted by Crippen LogP contribution is 2.09. The number of ketones is 1. The van der Waals surface area contributed by atoms with Gasteiger partial charge in [-0.1, -0.05) is 13.8 Å². The molecule has 1 N–H and O–H groups in total. The summed E-state index contributed by atoms with van der Waals surface area (Å²) in [6, 6.07) is 0. The van der Waals surface area contributed by atoms with E-state index in [1.54, 1.807) is 0 Å². The fourth-order valence-electron chi connectivity index (χ4n) is 1.04. The maximum absolute atomic E-state index is 11.1. The molecule has 0 saturated heterocycles. The van der Waals surface area contributed by atoms with Gasteiger partial charge in [-0.2, -0.15) is 8.42 Å². The van der Waals surface area contributed by atoms with E-state index in [0.717, 1.165) is 0 Å². The third-order valence-corrected chi connectivity index (χ3v) is 2.41. The minimum Gasteiger partial charge on any atom is -0.298 e. The van der Waals surface area contributed by atoms with Gasteiger partial charge in [-0.15, -0.1) is 0 Å². The van der Waals surface area contributed by atoms with Crippen LogP contribution in [0.3, 0.4) is 0 Å². The standard InChI is InChI=1S/C7H14O4S/c1-3-6(4-2)7(8)5-12(9,10)11/h6H,3-5H2,1-2H3,(H,9,10,11). The Balaban J connectivity index is 4.21. The smallest absolute Gasteiger partial charge is 0.272 e. The zero-order valence-electron chi connectivity index (χ0n) is 7.28. The molecule has 0 aromatic carbocycles. The molecule has 0 bridgehead atoms. The van der Waals surface area contributed by atoms with Crippen LogP contribution in [0.15, 0.2) is 0 Å². The van der Waals surface area contributed by atoms with Crippen molar-refractivity contribution in [2.75, 3.05) is 5.75 Å². The Morgan fingerprint density at radius 1 is 1.33 bits per heavy atom. The van der Waals surface area contributed by atoms with Gasteiger partial charge in [0.25, 0.3) is 10.1 Å². The zero-order valence-corrected chi connectivity index (χ0v) is 8.10. The van der Waals surface area contributed by atoms with Crippen molar-refractivity contribution in [2.24, 2.45) is 5.92 Å². The van der Waals surface area contributed by atoms with Crippen LogP contribution in [-0.2, 0) is 14.9 Å². The first-order chi connectivity index (χ1) is 5.40. The lowest BCUT2D eigenvalue weighted by atomic mass is 10.00. The molecule has 5 heteroatoms. The van der Waals surface area contributed by atoms with Gasteiger partial charge >= 0.3 is 0 Å². The fourth-order valence-corrected chi connectivity index (χ4v) is 1.64. The first-order valence-electron chi connectivity index (χ1n) is 3.88. The van der Waals surface area contributed by atoms with Crippen molar-refractivity contribution in [2.45, 2.75) is 26.7 Å². The second kappa shape index (κ2) is 4.57. The summed E-state index contributed by atoms with van der Waals surface area (Å²) in [4.78, 5) is 11.1. The molecule has 0 aromatic heterocycles. The van der Waals surface area contributed by atoms with E-state index in [4.69, 9.17) is 4.55 Å². The molecular formula is C7H14O4S. The average molecular weight is 194 g/mol. The van der Waals surface area contributed by atoms with E-state index in [1.165, 1.54) is 0 Å². The summed E-state index contributed by atoms with van der Waals surface area (Å²) in [5, 5.41) is 0. The highest BCUT2D eigenvalue weighted by Gasteiger charge is 2.19. The van der Waals surface area contributed by atoms with Crippen molar-refractivity contribution in [1.82, 2.24) is 0 Å². The fraction of sp³-hybridized carbons (Fsp3) is 0.857. The van der Waals surface area contributed by atoms with Gasteiger partial charge in [-0.05, 0) is 12.8 Å². The Hall–Kier alpha value is -0.420. The lowest BCUT2D eigenvalue weighted by Crippen LogP contribution is -2.22. The van der Waals surface area contributed by atoms with Crippen molar-refractivity contribution in [3.63, 3.8) is 0 Å². The monoisotopic (exact) mass is 194 g/mol. The van der Waals surface area contributed by atoms with E-state index < -0.39 is 21.7 Å². The topological polar surface area (TPSA) is 71.4 Å². The highest BCUT2D eigenvalue weighted by atomic mass is 32.2. The van der Waals surface area contributed by atoms with Crippen LogP contribution in [0.2, 0.25) is 0 Å². The number of hydrogen-bond donors (Lipinski definition) is 1. The quantitative estimate of drug-likeness (QED) is 0.659. The molecule has 0 radical (unpaired) electrons. The lowest BCUT2D eigenvalue weighted by molar-refractivity contribution is -0.120. The van der Waals surface area contributed by atoms with E-state index in [9.17, 15) is 13.2 Å². The molecule has 12 heavy (non-hydrogen) atoms. The van der Waals surface area contributed by atoms with Gasteiger partial charge in [-0.3, -0.25) is 9.35 Å². The van der Waals surface area contributed by atoms with E-state index in [0.29, 0.717) is 12.8 Å². The third-order valence-electron chi connectivity index (χ3n) is 1.77. The molecule has 0 aliphatic carbocycles. The van der Waals surface area contributed by atoms with Crippen LogP contribution in [0.1, 0.15) is 26.7 Å². The minimum absolute atomic E-state index is 0.244. The van der Waals surface area contributed by atoms with Crippen LogP contribution < -0.4 is 0 Å². The molecule has 0 heterocycles. The summed E-state index contributed by atoms with van der Waals surface area (Å²) in [5.74, 6) is -1.39. The lowest BCUT2D eigenvalue weighted by Gasteiger charge is -2.08. The van der Waals surface area contributed by atoms with Gasteiger partial charge in [0.1, 0.15) is 5.75 Å². The molecule has 0 spiro atoms. The molecular weight excluding hydrogens is 180 g/mol. The third kappa shape index (κ3) is 4.46. The average Bonchev–Trinajstić information content (AvgIpc) is 1.85. The molecule has 0 atom stereocenters. The Morgan fingerprint density at radius 3 is 2.00 bits per heavy atom. The summed E-state index contributed by atoms with van der Waals surface area (Å²) < 4.78 is 29.0. The number of carbonyl (C=O) groups is 1. The number of hydrogen-bond acceptors (Lipinski definition) is 3. The first kappa shape index (κ1) is 11.6. The maximum atomic E-state index is 11.1. The Bertz CT molecular complexity index is 238. The summed E-state index contributed by atoms with van der Waals surface area (Å²) in [5.41, 5.74) is 0. The Labute approximate surface area is 72.7 Å². The molecule has 0 unspecified atom stereocenters. The van der Waals surface area contributed by atoms with Crippen LogP contribution in [0.25, 0.3) is 0 Å². The van der Waals surface area contributed by atoms with E-state index in [-0.39, 0.29) is 5.92 Å². The second-order valence-corrected chi connectivity index (χ2v) is 4.16. The van der Waals surface area contributed by atoms with Crippen molar-refractivity contribution >= 4 is 15.9 Å². The minimum atomic E-state index is -4.14. The van der Waals surface area contributed by atoms with Crippen LogP contribution in [0.5, 0.6) is 0 Å². The van der Waals surface area contributed by atoms with Gasteiger partial charge in [0, 0.05) is 5.92 Å². The number of carbonyl (C=O) groups excluding carboxylic acids is 1. The van der Waals surface area contributed by atoms with Gasteiger partial charge in [-0.25, -0.2) is 0 Å². The molecule has 0 amide bonds. The molecule has 0 aromatic rings. The molecule has 0 rings (SSSR count). The Kier molecular flexibility index (Phi) is 4.41. The number of Topliss-reactive ketones (excluding diaryl/α,β-unsaturated/α-hetero) is 1. The number of rotatable bonds is 5. The first-order valence-corrected chi connectivity index (χ1v) is 5.49. The van der Waals surface area contributed by atoms with E-state index in [2.05, 4.69) is 0 Å². The maximum Gasteiger partial charge on any atom is 0.272 e. The van der Waals surface area contributed by atoms with Crippen LogP contribution in [0, 0.1) is 5.92 Å². The van der Waals surface area contributed by atoms with Gasteiger partial charge in [0.2, 0.25) is 0 Å². The van der Waals surface area contributed by atoms with Crippen LogP contribution in [-0.4, -0.2) is 24.5 Å². The molecule has 72 valence electrons. The van der Waals surface area contributed by atoms with Gasteiger partial charge in [0.05, 0.1) is 0 Å². The molecule has 0 fully saturated rings. The van der Waals surface area contributed by atoms with Crippen molar-refractivity contribution in [3.05, 3.63) is 0 Å². The normalized spacial score (nSPS) is 12.0. The predicted molar refractivity (Wildman–Crippen MR) is 45.5 cm³/mol. The van der Waals surface area contributed by atoms with E-state index in [1.807, 2.05) is 13.8 Å². The van der Waals surface area contributed by atoms with Crippen molar-refractivity contribution < 1.29 is 17.8 Å². The summed E-state index contributed by atoms with van der Waals surface area (Å²) in [6.45, 7) is 3.63. The van der Waals surface area contributed by atoms with Gasteiger partial charge in [0.15, 0.2) is 5.78 Å². The summed E-state index contributed by atoms with van der Waals surface area (Å²) in [7, 11) is -4.14. The predicted octanol–water partition coefficient (Wildman–Crippen LogP) is 0.879. The highest BCUT2D eigenvalue weighted by molar-refractivity contribution is 7.86. The van der Waals surface area contributed by atoms with Gasteiger partial charge < -0.3 is 0 Å². The van der Waals surface area contributed by atoms with Crippen molar-refractivity contribution in [3.8, 4) is 0 Å². The molecule has 0 saturated carbocycles. The molecule has 4 nitrogen and oxygen atoms in total. The summed E-state index contributed by atoms with van der Waals surface area (Å²) >= 11 is 0. The van der Waals surface area contributed by atoms with E-state index >= 15 is 0 Å².